The van der Waals surface area contributed by atoms with E-state index < -0.39 is 44.2 Å². The van der Waals surface area contributed by atoms with Gasteiger partial charge in [0, 0.05) is 0 Å². The minimum absolute atomic E-state index is 0.201. The Labute approximate surface area is 247 Å². The molecule has 0 aromatic heterocycles. The van der Waals surface area contributed by atoms with Crippen LogP contribution in [0, 0.1) is 13.8 Å². The van der Waals surface area contributed by atoms with E-state index in [1.54, 1.807) is 11.8 Å². The first kappa shape index (κ1) is 28.4. The van der Waals surface area contributed by atoms with Crippen LogP contribution in [0.25, 0.3) is 0 Å². The van der Waals surface area contributed by atoms with Gasteiger partial charge in [0.15, 0.2) is 0 Å². The summed E-state index contributed by atoms with van der Waals surface area (Å²) in [5, 5.41) is 0. The SMILES string of the molecule is Cc1cc2c(c(C(C)(C)C)c1)OP13(OC[C@@H](O1)[C@H]1O[C@@H]4OC(C)(C)O[C@@H]4[C@H]1O3)Oc1c(cc(C)cc1C(C)(C)C)S2. The van der Waals surface area contributed by atoms with Crippen molar-refractivity contribution in [2.75, 3.05) is 6.61 Å². The number of hydrogen-bond donors (Lipinski definition) is 0. The van der Waals surface area contributed by atoms with E-state index in [4.69, 9.17) is 36.8 Å². The standard InChI is InChI=1S/C31H41O8PS/c1-16-11-18(29(3,4)5)23-21(13-16)41-22-14-17(2)12-19(30(6,7)8)24(22)38-40(37-23)32-15-20(36-40)25-26(39-40)27-28(33-25)35-31(9,10)34-27/h11-14,20,25-28H,15H2,1-10H3/t20-,25-,26+,27-,28-/m1/s1. The molecule has 2 bridgehead atoms. The Morgan fingerprint density at radius 3 is 1.85 bits per heavy atom. The molecule has 2 aromatic carbocycles. The first-order valence-corrected chi connectivity index (χ1v) is 17.0. The molecule has 7 rings (SSSR count). The van der Waals surface area contributed by atoms with Crippen molar-refractivity contribution < 1.29 is 36.8 Å². The maximum absolute atomic E-state index is 7.09. The third kappa shape index (κ3) is 4.46. The Balaban J connectivity index is 1.47. The number of fused-ring (bicyclic) bond motifs is 7. The summed E-state index contributed by atoms with van der Waals surface area (Å²) in [6.45, 7) is 21.2. The second kappa shape index (κ2) is 8.60. The molecule has 5 atom stereocenters. The Morgan fingerprint density at radius 2 is 1.32 bits per heavy atom. The fraction of sp³-hybridized carbons (Fsp3) is 0.613. The molecular formula is C31H41O8PS. The van der Waals surface area contributed by atoms with E-state index in [9.17, 15) is 0 Å². The normalized spacial score (nSPS) is 33.2. The second-order valence-electron chi connectivity index (χ2n) is 14.4. The molecule has 1 spiro atoms. The molecule has 0 amide bonds. The van der Waals surface area contributed by atoms with Gasteiger partial charge in [0.05, 0.1) is 0 Å². The zero-order chi connectivity index (χ0) is 29.4. The van der Waals surface area contributed by atoms with Crippen molar-refractivity contribution in [1.29, 1.82) is 0 Å². The van der Waals surface area contributed by atoms with Crippen LogP contribution in [-0.4, -0.2) is 43.1 Å². The van der Waals surface area contributed by atoms with Crippen LogP contribution in [0.2, 0.25) is 0 Å². The van der Waals surface area contributed by atoms with Crippen LogP contribution in [-0.2, 0) is 38.6 Å². The molecule has 0 aliphatic carbocycles. The van der Waals surface area contributed by atoms with Gasteiger partial charge in [-0.3, -0.25) is 0 Å². The van der Waals surface area contributed by atoms with E-state index in [2.05, 4.69) is 79.7 Å². The van der Waals surface area contributed by atoms with Crippen LogP contribution in [0.4, 0.5) is 0 Å². The van der Waals surface area contributed by atoms with E-state index in [0.29, 0.717) is 11.5 Å². The quantitative estimate of drug-likeness (QED) is 0.282. The zero-order valence-electron chi connectivity index (χ0n) is 25.5. The fourth-order valence-corrected chi connectivity index (χ4v) is 10.8. The number of hydrogen-bond acceptors (Lipinski definition) is 9. The summed E-state index contributed by atoms with van der Waals surface area (Å²) in [6, 6.07) is 8.65. The van der Waals surface area contributed by atoms with Crippen LogP contribution < -0.4 is 9.05 Å². The van der Waals surface area contributed by atoms with Crippen LogP contribution in [0.5, 0.6) is 11.5 Å². The van der Waals surface area contributed by atoms with Gasteiger partial charge in [-0.1, -0.05) is 0 Å². The molecule has 10 heteroatoms. The van der Waals surface area contributed by atoms with Crippen molar-refractivity contribution in [3.05, 3.63) is 46.5 Å². The van der Waals surface area contributed by atoms with E-state index in [1.807, 2.05) is 13.8 Å². The van der Waals surface area contributed by atoms with Crippen LogP contribution in [0.15, 0.2) is 34.1 Å². The molecule has 0 radical (unpaired) electrons. The predicted octanol–water partition coefficient (Wildman–Crippen LogP) is 7.64. The van der Waals surface area contributed by atoms with Gasteiger partial charge in [-0.25, -0.2) is 0 Å². The summed E-state index contributed by atoms with van der Waals surface area (Å²) in [4.78, 5) is 1.93. The molecule has 5 aliphatic heterocycles. The first-order chi connectivity index (χ1) is 18.9. The summed E-state index contributed by atoms with van der Waals surface area (Å²) in [6.07, 6.45) is -2.53. The topological polar surface area (TPSA) is 73.8 Å². The summed E-state index contributed by atoms with van der Waals surface area (Å²) in [5.41, 5.74) is 3.86. The number of benzene rings is 2. The Kier molecular flexibility index (Phi) is 5.95. The average Bonchev–Trinajstić information content (AvgIpc) is 3.42. The monoisotopic (exact) mass is 604 g/mol. The van der Waals surface area contributed by atoms with Crippen molar-refractivity contribution in [2.24, 2.45) is 0 Å². The molecule has 0 saturated carbocycles. The van der Waals surface area contributed by atoms with Crippen molar-refractivity contribution >= 4 is 19.5 Å². The molecule has 4 fully saturated rings. The molecule has 0 unspecified atom stereocenters. The van der Waals surface area contributed by atoms with Gasteiger partial charge in [0.1, 0.15) is 0 Å². The van der Waals surface area contributed by atoms with Crippen molar-refractivity contribution in [3.63, 3.8) is 0 Å². The third-order valence-electron chi connectivity index (χ3n) is 8.16. The molecule has 41 heavy (non-hydrogen) atoms. The third-order valence-corrected chi connectivity index (χ3v) is 11.9. The van der Waals surface area contributed by atoms with Crippen LogP contribution in [0.1, 0.15) is 77.6 Å². The summed E-state index contributed by atoms with van der Waals surface area (Å²) < 4.78 is 53.2. The predicted molar refractivity (Wildman–Crippen MR) is 156 cm³/mol. The van der Waals surface area contributed by atoms with E-state index >= 15 is 0 Å². The van der Waals surface area contributed by atoms with Crippen LogP contribution in [0.3, 0.4) is 0 Å². The van der Waals surface area contributed by atoms with Gasteiger partial charge in [-0.05, 0) is 0 Å². The number of aryl methyl sites for hydroxylation is 2. The minimum atomic E-state index is -4.80. The van der Waals surface area contributed by atoms with Gasteiger partial charge in [-0.15, -0.1) is 0 Å². The van der Waals surface area contributed by atoms with Crippen LogP contribution >= 0.6 is 19.5 Å². The van der Waals surface area contributed by atoms with E-state index in [0.717, 1.165) is 32.0 Å². The summed E-state index contributed by atoms with van der Waals surface area (Å²) >= 11 is 1.65. The molecule has 4 saturated heterocycles. The Bertz CT molecular complexity index is 1370. The van der Waals surface area contributed by atoms with E-state index in [-0.39, 0.29) is 17.4 Å². The second-order valence-corrected chi connectivity index (χ2v) is 18.0. The molecule has 5 aliphatic rings. The molecule has 224 valence electrons. The zero-order valence-corrected chi connectivity index (χ0v) is 27.2. The molecule has 2 aromatic rings. The van der Waals surface area contributed by atoms with Crippen molar-refractivity contribution in [2.45, 2.75) is 126 Å². The van der Waals surface area contributed by atoms with Gasteiger partial charge in [0.2, 0.25) is 0 Å². The number of ether oxygens (including phenoxy) is 3. The van der Waals surface area contributed by atoms with Gasteiger partial charge in [-0.2, -0.15) is 0 Å². The summed E-state index contributed by atoms with van der Waals surface area (Å²) in [7, 11) is -4.80. The van der Waals surface area contributed by atoms with Gasteiger partial charge in [0.25, 0.3) is 0 Å². The molecular weight excluding hydrogens is 563 g/mol. The molecule has 0 N–H and O–H groups in total. The number of rotatable bonds is 0. The molecule has 8 nitrogen and oxygen atoms in total. The van der Waals surface area contributed by atoms with Crippen molar-refractivity contribution in [3.8, 4) is 11.5 Å². The summed E-state index contributed by atoms with van der Waals surface area (Å²) in [5.74, 6) is 0.516. The first-order valence-electron chi connectivity index (χ1n) is 14.4. The molecule has 5 heterocycles. The maximum atomic E-state index is 7.09. The average molecular weight is 605 g/mol. The Hall–Kier alpha value is -1.42. The van der Waals surface area contributed by atoms with E-state index in [1.165, 1.54) is 0 Å². The fourth-order valence-electron chi connectivity index (χ4n) is 6.32. The van der Waals surface area contributed by atoms with Gasteiger partial charge < -0.3 is 0 Å². The van der Waals surface area contributed by atoms with Gasteiger partial charge >= 0.3 is 247 Å². The van der Waals surface area contributed by atoms with Crippen molar-refractivity contribution in [1.82, 2.24) is 0 Å². The Morgan fingerprint density at radius 1 is 0.756 bits per heavy atom.